The average Bonchev–Trinajstić information content (AvgIpc) is 3.00. The van der Waals surface area contributed by atoms with Gasteiger partial charge < -0.3 is 5.11 Å². The lowest BCUT2D eigenvalue weighted by Crippen LogP contribution is -2.27. The van der Waals surface area contributed by atoms with Crippen molar-refractivity contribution in [2.75, 3.05) is 0 Å². The van der Waals surface area contributed by atoms with Crippen molar-refractivity contribution in [3.05, 3.63) is 34.3 Å². The van der Waals surface area contributed by atoms with E-state index < -0.39 is 22.0 Å². The first-order valence-corrected chi connectivity index (χ1v) is 7.60. The summed E-state index contributed by atoms with van der Waals surface area (Å²) in [4.78, 5) is 10.5. The van der Waals surface area contributed by atoms with Crippen LogP contribution in [0.5, 0.6) is 0 Å². The lowest BCUT2D eigenvalue weighted by molar-refractivity contribution is 0.0698. The predicted octanol–water partition coefficient (Wildman–Crippen LogP) is 1.21. The summed E-state index contributed by atoms with van der Waals surface area (Å²) < 4.78 is 26.7. The quantitative estimate of drug-likeness (QED) is 0.768. The van der Waals surface area contributed by atoms with Gasteiger partial charge in [0.1, 0.15) is 9.77 Å². The summed E-state index contributed by atoms with van der Waals surface area (Å²) in [6, 6.07) is 0.767. The number of aromatic amines is 1. The number of nitrogens with one attached hydrogen (secondary N) is 2. The number of carbonyl (C=O) groups is 1. The maximum atomic E-state index is 12.1. The Labute approximate surface area is 113 Å². The van der Waals surface area contributed by atoms with Gasteiger partial charge in [0.05, 0.1) is 6.20 Å². The monoisotopic (exact) mass is 301 g/mol. The molecule has 0 bridgehead atoms. The zero-order valence-electron chi connectivity index (χ0n) is 9.82. The van der Waals surface area contributed by atoms with Crippen LogP contribution in [-0.2, 0) is 10.0 Å². The Kier molecular flexibility index (Phi) is 3.69. The van der Waals surface area contributed by atoms with Crippen LogP contribution in [0.2, 0.25) is 0 Å². The molecule has 0 aliphatic heterocycles. The highest BCUT2D eigenvalue weighted by Gasteiger charge is 2.25. The summed E-state index contributed by atoms with van der Waals surface area (Å²) >= 11 is 0.872. The standard InChI is InChI=1S/C10H11N3O4S2/c1-6(7-4-11-12-5-7)13-19(16,17)8-2-3-18-9(8)10(14)15/h2-6,13H,1H3,(H,11,12)(H,14,15). The number of aromatic nitrogens is 2. The Morgan fingerprint density at radius 2 is 2.32 bits per heavy atom. The third kappa shape index (κ3) is 2.83. The number of sulfonamides is 1. The molecule has 0 spiro atoms. The summed E-state index contributed by atoms with van der Waals surface area (Å²) in [5.74, 6) is -1.26. The molecule has 2 aromatic rings. The highest BCUT2D eigenvalue weighted by molar-refractivity contribution is 7.89. The van der Waals surface area contributed by atoms with E-state index in [0.717, 1.165) is 11.3 Å². The molecule has 7 nitrogen and oxygen atoms in total. The number of nitrogens with zero attached hydrogens (tertiary/aromatic N) is 1. The van der Waals surface area contributed by atoms with E-state index in [9.17, 15) is 13.2 Å². The molecule has 0 aromatic carbocycles. The maximum Gasteiger partial charge on any atom is 0.347 e. The van der Waals surface area contributed by atoms with Crippen LogP contribution in [0.25, 0.3) is 0 Å². The third-order valence-electron chi connectivity index (χ3n) is 2.46. The highest BCUT2D eigenvalue weighted by atomic mass is 32.2. The number of hydrogen-bond donors (Lipinski definition) is 3. The summed E-state index contributed by atoms with van der Waals surface area (Å²) in [6.45, 7) is 1.65. The van der Waals surface area contributed by atoms with Gasteiger partial charge in [0, 0.05) is 17.8 Å². The second-order valence-electron chi connectivity index (χ2n) is 3.79. The molecule has 2 heterocycles. The highest BCUT2D eigenvalue weighted by Crippen LogP contribution is 2.23. The first-order valence-electron chi connectivity index (χ1n) is 5.23. The Balaban J connectivity index is 2.28. The zero-order valence-corrected chi connectivity index (χ0v) is 11.5. The van der Waals surface area contributed by atoms with Crippen LogP contribution >= 0.6 is 11.3 Å². The molecule has 3 N–H and O–H groups in total. The van der Waals surface area contributed by atoms with Crippen LogP contribution in [0, 0.1) is 0 Å². The number of aromatic carboxylic acids is 1. The van der Waals surface area contributed by atoms with Gasteiger partial charge in [0.15, 0.2) is 0 Å². The van der Waals surface area contributed by atoms with Crippen molar-refractivity contribution in [1.82, 2.24) is 14.9 Å². The Morgan fingerprint density at radius 1 is 1.58 bits per heavy atom. The lowest BCUT2D eigenvalue weighted by atomic mass is 10.2. The summed E-state index contributed by atoms with van der Waals surface area (Å²) in [7, 11) is -3.88. The van der Waals surface area contributed by atoms with Crippen LogP contribution in [-0.4, -0.2) is 29.7 Å². The largest absolute Gasteiger partial charge is 0.477 e. The van der Waals surface area contributed by atoms with Crippen LogP contribution in [0.15, 0.2) is 28.7 Å². The van der Waals surface area contributed by atoms with Crippen molar-refractivity contribution in [2.45, 2.75) is 17.9 Å². The van der Waals surface area contributed by atoms with Gasteiger partial charge in [-0.3, -0.25) is 5.10 Å². The minimum absolute atomic E-state index is 0.202. The van der Waals surface area contributed by atoms with E-state index >= 15 is 0 Å². The van der Waals surface area contributed by atoms with Crippen LogP contribution in [0.4, 0.5) is 0 Å². The van der Waals surface area contributed by atoms with Gasteiger partial charge in [-0.2, -0.15) is 5.10 Å². The van der Waals surface area contributed by atoms with E-state index in [2.05, 4.69) is 14.9 Å². The second-order valence-corrected chi connectivity index (χ2v) is 6.39. The van der Waals surface area contributed by atoms with Gasteiger partial charge in [-0.05, 0) is 18.4 Å². The van der Waals surface area contributed by atoms with Crippen LogP contribution in [0.3, 0.4) is 0 Å². The molecule has 0 amide bonds. The molecule has 1 atom stereocenters. The number of carboxylic acid groups (broad SMARTS) is 1. The molecular formula is C10H11N3O4S2. The molecule has 0 fully saturated rings. The van der Waals surface area contributed by atoms with E-state index in [1.165, 1.54) is 17.6 Å². The van der Waals surface area contributed by atoms with E-state index in [1.54, 1.807) is 13.1 Å². The number of thiophene rings is 1. The fourth-order valence-electron chi connectivity index (χ4n) is 1.53. The smallest absolute Gasteiger partial charge is 0.347 e. The number of rotatable bonds is 5. The van der Waals surface area contributed by atoms with Crippen molar-refractivity contribution in [2.24, 2.45) is 0 Å². The first kappa shape index (κ1) is 13.7. The molecule has 19 heavy (non-hydrogen) atoms. The van der Waals surface area contributed by atoms with Crippen molar-refractivity contribution < 1.29 is 18.3 Å². The molecule has 2 aromatic heterocycles. The fourth-order valence-corrected chi connectivity index (χ4v) is 4.02. The average molecular weight is 301 g/mol. The molecule has 2 rings (SSSR count). The predicted molar refractivity (Wildman–Crippen MR) is 68.6 cm³/mol. The molecule has 9 heteroatoms. The van der Waals surface area contributed by atoms with E-state index in [0.29, 0.717) is 5.56 Å². The minimum atomic E-state index is -3.88. The number of hydrogen-bond acceptors (Lipinski definition) is 5. The summed E-state index contributed by atoms with van der Waals surface area (Å²) in [5, 5.41) is 16.7. The van der Waals surface area contributed by atoms with Gasteiger partial charge in [-0.15, -0.1) is 11.3 Å². The molecule has 102 valence electrons. The molecular weight excluding hydrogens is 290 g/mol. The summed E-state index contributed by atoms with van der Waals surface area (Å²) in [6.07, 6.45) is 3.07. The minimum Gasteiger partial charge on any atom is -0.477 e. The van der Waals surface area contributed by atoms with Crippen LogP contribution < -0.4 is 4.72 Å². The SMILES string of the molecule is CC(NS(=O)(=O)c1ccsc1C(=O)O)c1cn[nH]c1. The second kappa shape index (κ2) is 5.11. The number of carboxylic acids is 1. The topological polar surface area (TPSA) is 112 Å². The first-order chi connectivity index (χ1) is 8.92. The van der Waals surface area contributed by atoms with E-state index in [4.69, 9.17) is 5.11 Å². The maximum absolute atomic E-state index is 12.1. The third-order valence-corrected chi connectivity index (χ3v) is 5.08. The molecule has 1 unspecified atom stereocenters. The molecule has 0 saturated carbocycles. The molecule has 0 aliphatic rings. The van der Waals surface area contributed by atoms with Crippen molar-refractivity contribution >= 4 is 27.3 Å². The van der Waals surface area contributed by atoms with Crippen molar-refractivity contribution in [3.8, 4) is 0 Å². The van der Waals surface area contributed by atoms with E-state index in [-0.39, 0.29) is 9.77 Å². The number of H-pyrrole nitrogens is 1. The summed E-state index contributed by atoms with van der Waals surface area (Å²) in [5.41, 5.74) is 0.663. The zero-order chi connectivity index (χ0) is 14.0. The lowest BCUT2D eigenvalue weighted by Gasteiger charge is -2.12. The van der Waals surface area contributed by atoms with Gasteiger partial charge in [-0.1, -0.05) is 0 Å². The van der Waals surface area contributed by atoms with Gasteiger partial charge in [0.2, 0.25) is 10.0 Å². The molecule has 0 radical (unpaired) electrons. The Hall–Kier alpha value is -1.71. The van der Waals surface area contributed by atoms with Gasteiger partial charge >= 0.3 is 5.97 Å². The Bertz CT molecular complexity index is 675. The van der Waals surface area contributed by atoms with Crippen molar-refractivity contribution in [1.29, 1.82) is 0 Å². The molecule has 0 saturated heterocycles. The van der Waals surface area contributed by atoms with Crippen molar-refractivity contribution in [3.63, 3.8) is 0 Å². The fraction of sp³-hybridized carbons (Fsp3) is 0.200. The van der Waals surface area contributed by atoms with E-state index in [1.807, 2.05) is 0 Å². The Morgan fingerprint density at radius 3 is 2.89 bits per heavy atom. The van der Waals surface area contributed by atoms with Crippen LogP contribution in [0.1, 0.15) is 28.2 Å². The van der Waals surface area contributed by atoms with Gasteiger partial charge in [-0.25, -0.2) is 17.9 Å². The normalized spacial score (nSPS) is 13.3. The van der Waals surface area contributed by atoms with Gasteiger partial charge in [0.25, 0.3) is 0 Å². The molecule has 0 aliphatic carbocycles.